The van der Waals surface area contributed by atoms with Crippen molar-refractivity contribution in [2.75, 3.05) is 36.5 Å². The number of amides is 1. The molecule has 0 spiro atoms. The molecule has 11 heteroatoms. The molecule has 1 aliphatic rings. The number of nitrogens with zero attached hydrogens (tertiary/aromatic N) is 7. The van der Waals surface area contributed by atoms with Gasteiger partial charge in [-0.25, -0.2) is 4.98 Å². The van der Waals surface area contributed by atoms with E-state index < -0.39 is 0 Å². The number of rotatable bonds is 4. The summed E-state index contributed by atoms with van der Waals surface area (Å²) in [6.45, 7) is 4.26. The van der Waals surface area contributed by atoms with Gasteiger partial charge in [0.15, 0.2) is 17.3 Å². The van der Waals surface area contributed by atoms with Crippen molar-refractivity contribution in [2.45, 2.75) is 6.92 Å². The lowest BCUT2D eigenvalue weighted by molar-refractivity contribution is -0.114. The maximum atomic E-state index is 11.9. The molecule has 0 bridgehead atoms. The van der Waals surface area contributed by atoms with Crippen LogP contribution in [0.4, 0.5) is 11.6 Å². The Morgan fingerprint density at radius 2 is 2.07 bits per heavy atom. The Bertz CT molecular complexity index is 1200. The highest BCUT2D eigenvalue weighted by molar-refractivity contribution is 6.06. The summed E-state index contributed by atoms with van der Waals surface area (Å²) in [6.07, 6.45) is 3.39. The molecule has 154 valence electrons. The maximum absolute atomic E-state index is 11.9. The molecule has 0 unspecified atom stereocenters. The fraction of sp³-hybridized carbons (Fsp3) is 0.316. The van der Waals surface area contributed by atoms with Gasteiger partial charge in [0.25, 0.3) is 0 Å². The molecule has 1 amide bonds. The summed E-state index contributed by atoms with van der Waals surface area (Å²) in [4.78, 5) is 19.0. The van der Waals surface area contributed by atoms with E-state index in [4.69, 9.17) is 9.72 Å². The van der Waals surface area contributed by atoms with E-state index in [0.717, 1.165) is 35.6 Å². The molecule has 1 fully saturated rings. The number of morpholine rings is 1. The third-order valence-corrected chi connectivity index (χ3v) is 5.06. The molecule has 4 aromatic heterocycles. The summed E-state index contributed by atoms with van der Waals surface area (Å²) < 4.78 is 8.96. The van der Waals surface area contributed by atoms with Gasteiger partial charge in [0.2, 0.25) is 5.91 Å². The number of carbonyl (C=O) groups is 1. The van der Waals surface area contributed by atoms with Crippen LogP contribution in [0.3, 0.4) is 0 Å². The van der Waals surface area contributed by atoms with Gasteiger partial charge >= 0.3 is 0 Å². The van der Waals surface area contributed by atoms with Crippen LogP contribution in [0.5, 0.6) is 0 Å². The van der Waals surface area contributed by atoms with Crippen LogP contribution in [0.1, 0.15) is 6.92 Å². The van der Waals surface area contributed by atoms with Crippen molar-refractivity contribution in [3.8, 4) is 17.1 Å². The number of fused-ring (bicyclic) bond motifs is 1. The van der Waals surface area contributed by atoms with Crippen LogP contribution >= 0.6 is 0 Å². The molecule has 5 heterocycles. The van der Waals surface area contributed by atoms with Crippen molar-refractivity contribution in [3.05, 3.63) is 30.6 Å². The average molecular weight is 407 g/mol. The number of pyridine rings is 1. The zero-order valence-electron chi connectivity index (χ0n) is 16.7. The Labute approximate surface area is 171 Å². The number of carbonyl (C=O) groups excluding carboxylic acids is 1. The number of aromatic nitrogens is 7. The first-order valence-corrected chi connectivity index (χ1v) is 9.64. The minimum Gasteiger partial charge on any atom is -0.378 e. The number of hydrogen-bond acceptors (Lipinski definition) is 7. The first kappa shape index (κ1) is 18.3. The molecule has 4 aromatic rings. The molecule has 0 atom stereocenters. The smallest absolute Gasteiger partial charge is 0.222 e. The van der Waals surface area contributed by atoms with E-state index in [1.165, 1.54) is 6.92 Å². The largest absolute Gasteiger partial charge is 0.378 e. The Kier molecular flexibility index (Phi) is 4.43. The van der Waals surface area contributed by atoms with Crippen molar-refractivity contribution >= 4 is 28.6 Å². The molecule has 0 aliphatic carbocycles. The van der Waals surface area contributed by atoms with Gasteiger partial charge in [0.1, 0.15) is 5.82 Å². The van der Waals surface area contributed by atoms with Crippen LogP contribution in [-0.4, -0.2) is 67.0 Å². The van der Waals surface area contributed by atoms with Crippen LogP contribution in [0.25, 0.3) is 28.1 Å². The summed E-state index contributed by atoms with van der Waals surface area (Å²) in [5.74, 6) is 1.69. The summed E-state index contributed by atoms with van der Waals surface area (Å²) in [5, 5.41) is 19.5. The zero-order valence-corrected chi connectivity index (χ0v) is 16.7. The van der Waals surface area contributed by atoms with Gasteiger partial charge in [-0.15, -0.1) is 5.10 Å². The van der Waals surface area contributed by atoms with Crippen molar-refractivity contribution in [1.29, 1.82) is 0 Å². The van der Waals surface area contributed by atoms with E-state index in [1.54, 1.807) is 27.8 Å². The Morgan fingerprint density at radius 1 is 1.23 bits per heavy atom. The molecule has 5 rings (SSSR count). The Hall–Kier alpha value is -3.73. The third kappa shape index (κ3) is 3.08. The first-order valence-electron chi connectivity index (χ1n) is 9.64. The van der Waals surface area contributed by atoms with Crippen molar-refractivity contribution in [1.82, 2.24) is 34.7 Å². The van der Waals surface area contributed by atoms with E-state index >= 15 is 0 Å². The first-order chi connectivity index (χ1) is 14.6. The van der Waals surface area contributed by atoms with E-state index in [1.807, 2.05) is 19.2 Å². The predicted octanol–water partition coefficient (Wildman–Crippen LogP) is 1.34. The quantitative estimate of drug-likeness (QED) is 0.524. The number of aryl methyl sites for hydroxylation is 1. The summed E-state index contributed by atoms with van der Waals surface area (Å²) in [7, 11) is 1.88. The molecule has 1 aliphatic heterocycles. The lowest BCUT2D eigenvalue weighted by Gasteiger charge is -2.28. The van der Waals surface area contributed by atoms with E-state index in [2.05, 4.69) is 30.6 Å². The van der Waals surface area contributed by atoms with Gasteiger partial charge in [-0.2, -0.15) is 14.9 Å². The highest BCUT2D eigenvalue weighted by atomic mass is 16.5. The molecular weight excluding hydrogens is 386 g/mol. The van der Waals surface area contributed by atoms with E-state index in [-0.39, 0.29) is 5.91 Å². The lowest BCUT2D eigenvalue weighted by Crippen LogP contribution is -2.36. The van der Waals surface area contributed by atoms with E-state index in [0.29, 0.717) is 30.5 Å². The van der Waals surface area contributed by atoms with Gasteiger partial charge in [0.05, 0.1) is 30.5 Å². The van der Waals surface area contributed by atoms with Gasteiger partial charge < -0.3 is 15.0 Å². The van der Waals surface area contributed by atoms with Crippen LogP contribution in [0.2, 0.25) is 0 Å². The number of H-pyrrole nitrogens is 1. The fourth-order valence-electron chi connectivity index (χ4n) is 3.69. The van der Waals surface area contributed by atoms with Crippen LogP contribution in [0.15, 0.2) is 30.6 Å². The molecular formula is C19H21N9O2. The lowest BCUT2D eigenvalue weighted by atomic mass is 10.1. The minimum absolute atomic E-state index is 0.209. The van der Waals surface area contributed by atoms with Crippen LogP contribution in [0, 0.1) is 0 Å². The highest BCUT2D eigenvalue weighted by Crippen LogP contribution is 2.36. The second kappa shape index (κ2) is 7.26. The fourth-order valence-corrected chi connectivity index (χ4v) is 3.69. The Balaban J connectivity index is 1.81. The van der Waals surface area contributed by atoms with E-state index in [9.17, 15) is 4.79 Å². The number of nitrogens with one attached hydrogen (secondary N) is 2. The van der Waals surface area contributed by atoms with Crippen LogP contribution < -0.4 is 10.2 Å². The monoisotopic (exact) mass is 407 g/mol. The molecule has 0 aromatic carbocycles. The number of hydrogen-bond donors (Lipinski definition) is 2. The average Bonchev–Trinajstić information content (AvgIpc) is 3.48. The predicted molar refractivity (Wildman–Crippen MR) is 111 cm³/mol. The molecule has 0 radical (unpaired) electrons. The van der Waals surface area contributed by atoms with Crippen molar-refractivity contribution < 1.29 is 9.53 Å². The third-order valence-electron chi connectivity index (χ3n) is 5.06. The summed E-state index contributed by atoms with van der Waals surface area (Å²) >= 11 is 0. The Morgan fingerprint density at radius 3 is 2.73 bits per heavy atom. The second-order valence-corrected chi connectivity index (χ2v) is 7.05. The number of aromatic amines is 1. The van der Waals surface area contributed by atoms with Gasteiger partial charge in [0, 0.05) is 44.9 Å². The SMILES string of the molecule is CC(=O)Nc1nn(-c2ccn[nH]2)c2nc(N3CCOCC3)cc(-c3ccnn3C)c12. The van der Waals surface area contributed by atoms with Crippen molar-refractivity contribution in [3.63, 3.8) is 0 Å². The van der Waals surface area contributed by atoms with Gasteiger partial charge in [-0.1, -0.05) is 0 Å². The molecule has 30 heavy (non-hydrogen) atoms. The molecule has 11 nitrogen and oxygen atoms in total. The molecule has 1 saturated heterocycles. The normalized spacial score (nSPS) is 14.4. The summed E-state index contributed by atoms with van der Waals surface area (Å²) in [6, 6.07) is 5.76. The van der Waals surface area contributed by atoms with Crippen molar-refractivity contribution in [2.24, 2.45) is 7.05 Å². The molecule has 0 saturated carbocycles. The second-order valence-electron chi connectivity index (χ2n) is 7.05. The zero-order chi connectivity index (χ0) is 20.7. The van der Waals surface area contributed by atoms with Gasteiger partial charge in [-0.3, -0.25) is 14.6 Å². The number of anilines is 2. The van der Waals surface area contributed by atoms with Gasteiger partial charge in [-0.05, 0) is 12.1 Å². The topological polar surface area (TPSA) is 119 Å². The van der Waals surface area contributed by atoms with Crippen LogP contribution in [-0.2, 0) is 16.6 Å². The standard InChI is InChI=1S/C19H21N9O2/c1-12(29)22-18-17-13(14-3-6-21-26(14)2)11-16(27-7-9-30-10-8-27)23-19(17)28(25-18)15-4-5-20-24-15/h3-6,11H,7-10H2,1-2H3,(H,20,24)(H,22,25,29). The minimum atomic E-state index is -0.209. The number of ether oxygens (including phenoxy) is 1. The summed E-state index contributed by atoms with van der Waals surface area (Å²) in [5.41, 5.74) is 2.40. The highest BCUT2D eigenvalue weighted by Gasteiger charge is 2.24. The molecule has 2 N–H and O–H groups in total. The maximum Gasteiger partial charge on any atom is 0.222 e.